The molecule has 1 fully saturated rings. The van der Waals surface area contributed by atoms with Crippen LogP contribution in [0.25, 0.3) is 10.2 Å². The number of thiophene rings is 1. The molecule has 0 aliphatic carbocycles. The Morgan fingerprint density at radius 3 is 2.35 bits per heavy atom. The van der Waals surface area contributed by atoms with E-state index >= 15 is 0 Å². The second kappa shape index (κ2) is 6.57. The molecule has 1 aliphatic heterocycles. The number of aryl methyl sites for hydroxylation is 2. The first-order chi connectivity index (χ1) is 12.1. The highest BCUT2D eigenvalue weighted by Gasteiger charge is 2.29. The number of aromatic nitrogens is 2. The molecule has 0 spiro atoms. The highest BCUT2D eigenvalue weighted by molar-refractivity contribution is 7.18. The van der Waals surface area contributed by atoms with Gasteiger partial charge in [-0.2, -0.15) is 13.2 Å². The molecule has 0 N–H and O–H groups in total. The van der Waals surface area contributed by atoms with E-state index in [9.17, 15) is 27.6 Å². The van der Waals surface area contributed by atoms with Gasteiger partial charge in [-0.15, -0.1) is 11.3 Å². The molecule has 2 aromatic heterocycles. The van der Waals surface area contributed by atoms with Crippen LogP contribution in [0.5, 0.6) is 0 Å². The van der Waals surface area contributed by atoms with E-state index in [-0.39, 0.29) is 22.7 Å². The van der Waals surface area contributed by atoms with Crippen LogP contribution >= 0.6 is 11.3 Å². The van der Waals surface area contributed by atoms with Crippen molar-refractivity contribution in [2.45, 2.75) is 52.5 Å². The Balaban J connectivity index is 2.16. The fourth-order valence-electron chi connectivity index (χ4n) is 3.01. The molecule has 0 saturated carbocycles. The first kappa shape index (κ1) is 18.7. The number of carbonyl (C=O) groups excluding carboxylic acids is 1. The Bertz CT molecular complexity index is 987. The zero-order chi connectivity index (χ0) is 19.2. The van der Waals surface area contributed by atoms with Gasteiger partial charge in [0.25, 0.3) is 5.56 Å². The quantitative estimate of drug-likeness (QED) is 0.737. The van der Waals surface area contributed by atoms with Crippen LogP contribution in [0.1, 0.15) is 30.2 Å². The highest BCUT2D eigenvalue weighted by Crippen LogP contribution is 2.31. The number of carbonyl (C=O) groups is 1. The summed E-state index contributed by atoms with van der Waals surface area (Å²) in [6, 6.07) is 0. The maximum atomic E-state index is 12.7. The Labute approximate surface area is 150 Å². The van der Waals surface area contributed by atoms with E-state index in [1.807, 2.05) is 0 Å². The molecule has 0 atom stereocenters. The highest BCUT2D eigenvalue weighted by atomic mass is 32.1. The lowest BCUT2D eigenvalue weighted by Crippen LogP contribution is -2.42. The van der Waals surface area contributed by atoms with Crippen LogP contribution in [0.4, 0.5) is 13.2 Å². The summed E-state index contributed by atoms with van der Waals surface area (Å²) in [4.78, 5) is 39.3. The number of alkyl halides is 3. The predicted molar refractivity (Wildman–Crippen MR) is 91.5 cm³/mol. The lowest BCUT2D eigenvalue weighted by Gasteiger charge is -2.30. The summed E-state index contributed by atoms with van der Waals surface area (Å²) >= 11 is 1.12. The van der Waals surface area contributed by atoms with Crippen molar-refractivity contribution in [3.63, 3.8) is 0 Å². The Morgan fingerprint density at radius 1 is 1.15 bits per heavy atom. The summed E-state index contributed by atoms with van der Waals surface area (Å²) in [5, 5.41) is 0.265. The minimum atomic E-state index is -4.40. The topological polar surface area (TPSA) is 64.3 Å². The molecule has 0 radical (unpaired) electrons. The minimum Gasteiger partial charge on any atom is -0.337 e. The summed E-state index contributed by atoms with van der Waals surface area (Å²) in [6.45, 7) is 3.77. The van der Waals surface area contributed by atoms with E-state index in [4.69, 9.17) is 0 Å². The smallest absolute Gasteiger partial charge is 0.337 e. The number of β-lactam (4-membered cyclic amide) rings is 1. The molecule has 2 aromatic rings. The van der Waals surface area contributed by atoms with Gasteiger partial charge in [0.15, 0.2) is 0 Å². The Morgan fingerprint density at radius 2 is 1.85 bits per heavy atom. The summed E-state index contributed by atoms with van der Waals surface area (Å²) < 4.78 is 40.0. The molecule has 10 heteroatoms. The van der Waals surface area contributed by atoms with Crippen LogP contribution < -0.4 is 11.2 Å². The number of halogens is 3. The first-order valence-electron chi connectivity index (χ1n) is 8.24. The molecule has 1 saturated heterocycles. The van der Waals surface area contributed by atoms with Crippen LogP contribution in [-0.2, 0) is 24.4 Å². The number of nitrogens with zero attached hydrogens (tertiary/aromatic N) is 3. The van der Waals surface area contributed by atoms with Crippen LogP contribution in [-0.4, -0.2) is 32.7 Å². The van der Waals surface area contributed by atoms with Gasteiger partial charge in [0, 0.05) is 30.9 Å². The van der Waals surface area contributed by atoms with Gasteiger partial charge in [-0.3, -0.25) is 18.7 Å². The van der Waals surface area contributed by atoms with Gasteiger partial charge < -0.3 is 4.90 Å². The maximum absolute atomic E-state index is 12.7. The van der Waals surface area contributed by atoms with Crippen LogP contribution in [0.2, 0.25) is 0 Å². The summed E-state index contributed by atoms with van der Waals surface area (Å²) in [6.07, 6.45) is -5.08. The predicted octanol–water partition coefficient (Wildman–Crippen LogP) is 2.24. The zero-order valence-electron chi connectivity index (χ0n) is 14.4. The van der Waals surface area contributed by atoms with Gasteiger partial charge in [-0.1, -0.05) is 0 Å². The Kier molecular flexibility index (Phi) is 4.72. The minimum absolute atomic E-state index is 0.00212. The third-order valence-electron chi connectivity index (χ3n) is 4.61. The SMILES string of the molecule is CCn1c(=O)c2c(C)c(CN3CCC3=O)sc2n(CCC(F)(F)F)c1=O. The van der Waals surface area contributed by atoms with Crippen molar-refractivity contribution in [1.82, 2.24) is 14.0 Å². The molecule has 1 amide bonds. The summed E-state index contributed by atoms with van der Waals surface area (Å²) in [5.41, 5.74) is -0.606. The summed E-state index contributed by atoms with van der Waals surface area (Å²) in [5.74, 6) is 0.00212. The fourth-order valence-corrected chi connectivity index (χ4v) is 4.34. The zero-order valence-corrected chi connectivity index (χ0v) is 15.2. The van der Waals surface area contributed by atoms with E-state index in [1.54, 1.807) is 18.7 Å². The molecular formula is C16H18F3N3O3S. The number of rotatable bonds is 5. The molecule has 0 aromatic carbocycles. The largest absolute Gasteiger partial charge is 0.390 e. The van der Waals surface area contributed by atoms with Gasteiger partial charge in [-0.25, -0.2) is 4.79 Å². The van der Waals surface area contributed by atoms with E-state index in [0.717, 1.165) is 25.3 Å². The molecule has 26 heavy (non-hydrogen) atoms. The van der Waals surface area contributed by atoms with Crippen molar-refractivity contribution in [2.75, 3.05) is 6.54 Å². The van der Waals surface area contributed by atoms with Crippen molar-refractivity contribution in [3.8, 4) is 0 Å². The molecule has 3 rings (SSSR count). The van der Waals surface area contributed by atoms with E-state index in [2.05, 4.69) is 0 Å². The first-order valence-corrected chi connectivity index (χ1v) is 9.05. The molecule has 1 aliphatic rings. The van der Waals surface area contributed by atoms with Gasteiger partial charge in [-0.05, 0) is 19.4 Å². The average molecular weight is 389 g/mol. The van der Waals surface area contributed by atoms with E-state index < -0.39 is 30.4 Å². The molecular weight excluding hydrogens is 371 g/mol. The number of amides is 1. The normalized spacial score (nSPS) is 15.0. The number of likely N-dealkylation sites (tertiary alicyclic amines) is 1. The monoisotopic (exact) mass is 389 g/mol. The number of hydrogen-bond donors (Lipinski definition) is 0. The number of fused-ring (bicyclic) bond motifs is 1. The third-order valence-corrected chi connectivity index (χ3v) is 5.91. The second-order valence-corrected chi connectivity index (χ2v) is 7.33. The molecule has 6 nitrogen and oxygen atoms in total. The fraction of sp³-hybridized carbons (Fsp3) is 0.562. The van der Waals surface area contributed by atoms with Crippen LogP contribution in [0.3, 0.4) is 0 Å². The average Bonchev–Trinajstić information content (AvgIpc) is 2.87. The van der Waals surface area contributed by atoms with Crippen molar-refractivity contribution in [3.05, 3.63) is 31.3 Å². The lowest BCUT2D eigenvalue weighted by atomic mass is 10.1. The molecule has 3 heterocycles. The Hall–Kier alpha value is -2.10. The standard InChI is InChI=1S/C16H18F3N3O3S/c1-3-21-13(24)12-9(2)10(8-20-6-4-11(20)23)26-14(12)22(15(21)25)7-5-16(17,18)19/h3-8H2,1-2H3. The van der Waals surface area contributed by atoms with E-state index in [0.29, 0.717) is 25.1 Å². The maximum Gasteiger partial charge on any atom is 0.390 e. The van der Waals surface area contributed by atoms with Gasteiger partial charge in [0.05, 0.1) is 18.4 Å². The molecule has 0 bridgehead atoms. The summed E-state index contributed by atoms with van der Waals surface area (Å²) in [7, 11) is 0. The van der Waals surface area contributed by atoms with Gasteiger partial charge in [0.1, 0.15) is 4.83 Å². The lowest BCUT2D eigenvalue weighted by molar-refractivity contribution is -0.140. The van der Waals surface area contributed by atoms with Gasteiger partial charge in [0.2, 0.25) is 5.91 Å². The van der Waals surface area contributed by atoms with E-state index in [1.165, 1.54) is 0 Å². The van der Waals surface area contributed by atoms with Gasteiger partial charge >= 0.3 is 11.9 Å². The van der Waals surface area contributed by atoms with Crippen LogP contribution in [0, 0.1) is 6.92 Å². The number of hydrogen-bond acceptors (Lipinski definition) is 4. The van der Waals surface area contributed by atoms with Crippen LogP contribution in [0.15, 0.2) is 9.59 Å². The van der Waals surface area contributed by atoms with Crippen molar-refractivity contribution in [1.29, 1.82) is 0 Å². The third kappa shape index (κ3) is 3.17. The van der Waals surface area contributed by atoms with Crippen molar-refractivity contribution < 1.29 is 18.0 Å². The molecule has 0 unspecified atom stereocenters. The van der Waals surface area contributed by atoms with Crippen molar-refractivity contribution in [2.24, 2.45) is 0 Å². The van der Waals surface area contributed by atoms with Crippen molar-refractivity contribution >= 4 is 27.5 Å². The second-order valence-electron chi connectivity index (χ2n) is 6.24. The molecule has 142 valence electrons.